The minimum Gasteiger partial charge on any atom is -0.289 e. The SMILES string of the molecule is CC1=C(C)C(=O)C(CC[C@@H](C)CCC[C@H](C)CCC[C@@H](C)CCCC(C)C)=C(C)C1=O. The lowest BCUT2D eigenvalue weighted by Gasteiger charge is -2.20. The highest BCUT2D eigenvalue weighted by Gasteiger charge is 2.27. The van der Waals surface area contributed by atoms with Crippen molar-refractivity contribution in [1.29, 1.82) is 0 Å². The van der Waals surface area contributed by atoms with E-state index in [1.165, 1.54) is 57.8 Å². The van der Waals surface area contributed by atoms with Gasteiger partial charge in [-0.1, -0.05) is 92.4 Å². The van der Waals surface area contributed by atoms with Gasteiger partial charge in [-0.05, 0) is 57.3 Å². The Bertz CT molecular complexity index is 650. The van der Waals surface area contributed by atoms with Crippen LogP contribution in [0.3, 0.4) is 0 Å². The molecule has 0 saturated heterocycles. The summed E-state index contributed by atoms with van der Waals surface area (Å²) >= 11 is 0. The van der Waals surface area contributed by atoms with Crippen molar-refractivity contribution in [3.05, 3.63) is 22.3 Å². The van der Waals surface area contributed by atoms with E-state index in [1.54, 1.807) is 13.8 Å². The number of rotatable bonds is 15. The van der Waals surface area contributed by atoms with Gasteiger partial charge in [-0.3, -0.25) is 9.59 Å². The maximum atomic E-state index is 12.6. The zero-order valence-corrected chi connectivity index (χ0v) is 21.9. The van der Waals surface area contributed by atoms with Crippen molar-refractivity contribution in [1.82, 2.24) is 0 Å². The standard InChI is InChI=1S/C29H50O2/c1-20(2)12-9-13-21(3)14-10-15-22(4)16-11-17-23(5)18-19-27-26(8)28(30)24(6)25(7)29(27)31/h20-23H,9-19H2,1-8H3/t21-,22+,23-/m0/s1. The monoisotopic (exact) mass is 430 g/mol. The molecule has 2 heteroatoms. The molecule has 2 nitrogen and oxygen atoms in total. The third-order valence-electron chi connectivity index (χ3n) is 7.46. The minimum absolute atomic E-state index is 0.0582. The topological polar surface area (TPSA) is 34.1 Å². The Labute approximate surface area is 193 Å². The molecule has 0 heterocycles. The fraction of sp³-hybridized carbons (Fsp3) is 0.793. The molecular formula is C29H50O2. The summed E-state index contributed by atoms with van der Waals surface area (Å²) < 4.78 is 0. The summed E-state index contributed by atoms with van der Waals surface area (Å²) in [5.74, 6) is 3.28. The molecule has 0 aromatic carbocycles. The van der Waals surface area contributed by atoms with Gasteiger partial charge < -0.3 is 0 Å². The van der Waals surface area contributed by atoms with Gasteiger partial charge in [-0.25, -0.2) is 0 Å². The Kier molecular flexibility index (Phi) is 12.6. The minimum atomic E-state index is 0.0582. The van der Waals surface area contributed by atoms with Crippen LogP contribution in [0, 0.1) is 23.7 Å². The number of Topliss-reactive ketones (excluding diaryl/α,β-unsaturated/α-hetero) is 2. The van der Waals surface area contributed by atoms with Crippen molar-refractivity contribution < 1.29 is 9.59 Å². The number of allylic oxidation sites excluding steroid dienone is 4. The quantitative estimate of drug-likeness (QED) is 0.244. The van der Waals surface area contributed by atoms with Crippen LogP contribution < -0.4 is 0 Å². The number of hydrogen-bond donors (Lipinski definition) is 0. The molecule has 0 fully saturated rings. The molecule has 0 aromatic heterocycles. The van der Waals surface area contributed by atoms with E-state index in [9.17, 15) is 9.59 Å². The maximum absolute atomic E-state index is 12.6. The van der Waals surface area contributed by atoms with Crippen LogP contribution in [0.15, 0.2) is 22.3 Å². The van der Waals surface area contributed by atoms with Crippen LogP contribution in [-0.4, -0.2) is 11.6 Å². The van der Waals surface area contributed by atoms with Gasteiger partial charge in [0.1, 0.15) is 0 Å². The first-order valence-electron chi connectivity index (χ1n) is 13.0. The molecule has 31 heavy (non-hydrogen) atoms. The van der Waals surface area contributed by atoms with E-state index in [0.717, 1.165) is 36.2 Å². The molecular weight excluding hydrogens is 380 g/mol. The number of hydrogen-bond acceptors (Lipinski definition) is 2. The van der Waals surface area contributed by atoms with Crippen LogP contribution in [0.5, 0.6) is 0 Å². The van der Waals surface area contributed by atoms with Crippen molar-refractivity contribution in [3.63, 3.8) is 0 Å². The maximum Gasteiger partial charge on any atom is 0.185 e. The third-order valence-corrected chi connectivity index (χ3v) is 7.46. The summed E-state index contributed by atoms with van der Waals surface area (Å²) in [4.78, 5) is 24.9. The van der Waals surface area contributed by atoms with E-state index in [-0.39, 0.29) is 11.6 Å². The van der Waals surface area contributed by atoms with E-state index in [2.05, 4.69) is 34.6 Å². The summed E-state index contributed by atoms with van der Waals surface area (Å²) in [5, 5.41) is 0. The van der Waals surface area contributed by atoms with Crippen molar-refractivity contribution in [2.45, 2.75) is 126 Å². The van der Waals surface area contributed by atoms with Gasteiger partial charge in [0.25, 0.3) is 0 Å². The zero-order valence-electron chi connectivity index (χ0n) is 21.9. The smallest absolute Gasteiger partial charge is 0.185 e. The number of ketones is 2. The van der Waals surface area contributed by atoms with Crippen molar-refractivity contribution in [2.75, 3.05) is 0 Å². The Morgan fingerprint density at radius 1 is 0.516 bits per heavy atom. The lowest BCUT2D eigenvalue weighted by atomic mass is 9.82. The summed E-state index contributed by atoms with van der Waals surface area (Å²) in [6.07, 6.45) is 13.8. The van der Waals surface area contributed by atoms with Gasteiger partial charge in [0.15, 0.2) is 11.6 Å². The highest BCUT2D eigenvalue weighted by molar-refractivity contribution is 6.24. The Morgan fingerprint density at radius 3 is 1.35 bits per heavy atom. The normalized spacial score (nSPS) is 18.2. The van der Waals surface area contributed by atoms with E-state index in [1.807, 2.05) is 6.92 Å². The lowest BCUT2D eigenvalue weighted by Crippen LogP contribution is -2.21. The predicted molar refractivity (Wildman–Crippen MR) is 134 cm³/mol. The van der Waals surface area contributed by atoms with E-state index in [4.69, 9.17) is 0 Å². The molecule has 1 aliphatic carbocycles. The second-order valence-corrected chi connectivity index (χ2v) is 11.1. The van der Waals surface area contributed by atoms with Crippen LogP contribution >= 0.6 is 0 Å². The van der Waals surface area contributed by atoms with E-state index < -0.39 is 0 Å². The van der Waals surface area contributed by atoms with Crippen LogP contribution in [0.25, 0.3) is 0 Å². The highest BCUT2D eigenvalue weighted by atomic mass is 16.1. The molecule has 0 bridgehead atoms. The predicted octanol–water partition coefficient (Wildman–Crippen LogP) is 8.65. The molecule has 0 spiro atoms. The van der Waals surface area contributed by atoms with Gasteiger partial charge in [0.05, 0.1) is 0 Å². The second kappa shape index (κ2) is 14.1. The van der Waals surface area contributed by atoms with Crippen LogP contribution in [0.2, 0.25) is 0 Å². The summed E-state index contributed by atoms with van der Waals surface area (Å²) in [6, 6.07) is 0. The van der Waals surface area contributed by atoms with Crippen molar-refractivity contribution >= 4 is 11.6 Å². The summed E-state index contributed by atoms with van der Waals surface area (Å²) in [6.45, 7) is 17.2. The largest absolute Gasteiger partial charge is 0.289 e. The lowest BCUT2D eigenvalue weighted by molar-refractivity contribution is -0.116. The van der Waals surface area contributed by atoms with Gasteiger partial charge in [0, 0.05) is 22.3 Å². The van der Waals surface area contributed by atoms with Gasteiger partial charge >= 0.3 is 0 Å². The van der Waals surface area contributed by atoms with Gasteiger partial charge in [0.2, 0.25) is 0 Å². The molecule has 0 saturated carbocycles. The zero-order chi connectivity index (χ0) is 23.6. The van der Waals surface area contributed by atoms with Crippen LogP contribution in [-0.2, 0) is 9.59 Å². The molecule has 0 aromatic rings. The second-order valence-electron chi connectivity index (χ2n) is 11.1. The van der Waals surface area contributed by atoms with Gasteiger partial charge in [-0.2, -0.15) is 0 Å². The Balaban J connectivity index is 2.22. The first-order chi connectivity index (χ1) is 14.5. The molecule has 0 aliphatic heterocycles. The van der Waals surface area contributed by atoms with Crippen LogP contribution in [0.1, 0.15) is 126 Å². The van der Waals surface area contributed by atoms with Crippen LogP contribution in [0.4, 0.5) is 0 Å². The van der Waals surface area contributed by atoms with Gasteiger partial charge in [-0.15, -0.1) is 0 Å². The first-order valence-corrected chi connectivity index (χ1v) is 13.0. The average Bonchev–Trinajstić information content (AvgIpc) is 2.70. The molecule has 0 unspecified atom stereocenters. The van der Waals surface area contributed by atoms with E-state index >= 15 is 0 Å². The number of carbonyl (C=O) groups excluding carboxylic acids is 2. The first kappa shape index (κ1) is 27.9. The third kappa shape index (κ3) is 9.87. The molecule has 0 radical (unpaired) electrons. The molecule has 178 valence electrons. The fourth-order valence-corrected chi connectivity index (χ4v) is 4.78. The van der Waals surface area contributed by atoms with E-state index in [0.29, 0.717) is 22.6 Å². The molecule has 3 atom stereocenters. The summed E-state index contributed by atoms with van der Waals surface area (Å²) in [5.41, 5.74) is 2.70. The highest BCUT2D eigenvalue weighted by Crippen LogP contribution is 2.29. The Morgan fingerprint density at radius 2 is 0.903 bits per heavy atom. The van der Waals surface area contributed by atoms with Crippen molar-refractivity contribution in [2.24, 2.45) is 23.7 Å². The fourth-order valence-electron chi connectivity index (χ4n) is 4.78. The number of carbonyl (C=O) groups is 2. The van der Waals surface area contributed by atoms with Crippen molar-refractivity contribution in [3.8, 4) is 0 Å². The summed E-state index contributed by atoms with van der Waals surface area (Å²) in [7, 11) is 0. The molecule has 0 amide bonds. The molecule has 1 rings (SSSR count). The Hall–Kier alpha value is -1.18. The molecule has 1 aliphatic rings. The average molecular weight is 431 g/mol. The molecule has 0 N–H and O–H groups in total.